The molecular formula is C25H28N2O3S. The van der Waals surface area contributed by atoms with Gasteiger partial charge in [0.2, 0.25) is 5.91 Å². The highest BCUT2D eigenvalue weighted by Gasteiger charge is 2.35. The van der Waals surface area contributed by atoms with Gasteiger partial charge in [-0.25, -0.2) is 0 Å². The number of nitrogens with zero attached hydrogens (tertiary/aromatic N) is 1. The Morgan fingerprint density at radius 3 is 2.52 bits per heavy atom. The van der Waals surface area contributed by atoms with Gasteiger partial charge in [0.15, 0.2) is 0 Å². The number of likely N-dealkylation sites (tertiary alicyclic amines) is 1. The number of benzene rings is 2. The summed E-state index contributed by atoms with van der Waals surface area (Å²) < 4.78 is 10.8. The van der Waals surface area contributed by atoms with Crippen LogP contribution in [0.5, 0.6) is 11.5 Å². The Hall–Kier alpha value is -2.99. The Balaban J connectivity index is 1.66. The van der Waals surface area contributed by atoms with Gasteiger partial charge < -0.3 is 19.7 Å². The number of nitrogens with one attached hydrogen (secondary N) is 1. The van der Waals surface area contributed by atoms with Crippen molar-refractivity contribution in [3.05, 3.63) is 76.0 Å². The van der Waals surface area contributed by atoms with Gasteiger partial charge >= 0.3 is 0 Å². The van der Waals surface area contributed by atoms with Crippen LogP contribution >= 0.6 is 11.3 Å². The van der Waals surface area contributed by atoms with Crippen molar-refractivity contribution in [2.45, 2.75) is 31.8 Å². The zero-order chi connectivity index (χ0) is 21.8. The number of carbonyl (C=O) groups is 1. The van der Waals surface area contributed by atoms with Crippen molar-refractivity contribution >= 4 is 22.9 Å². The average molecular weight is 437 g/mol. The predicted octanol–water partition coefficient (Wildman–Crippen LogP) is 5.59. The molecule has 2 heterocycles. The lowest BCUT2D eigenvalue weighted by Gasteiger charge is -2.30. The normalized spacial score (nSPS) is 16.7. The molecule has 1 saturated heterocycles. The van der Waals surface area contributed by atoms with Gasteiger partial charge in [0.05, 0.1) is 20.3 Å². The average Bonchev–Trinajstić information content (AvgIpc) is 3.49. The standard InChI is InChI=1S/C25H28N2O3S/c1-17-7-4-5-8-22(17)23-9-6-11-27(23)25(28)24(18-10-12-31-16-18)26-19-13-20(29-2)15-21(14-19)30-3/h4-5,7-8,10,12-16,23-24,26H,6,9,11H2,1-3H3. The second-order valence-corrected chi connectivity index (χ2v) is 8.56. The third kappa shape index (κ3) is 4.54. The maximum absolute atomic E-state index is 13.9. The van der Waals surface area contributed by atoms with Crippen LogP contribution in [0.3, 0.4) is 0 Å². The van der Waals surface area contributed by atoms with Gasteiger partial charge in [-0.15, -0.1) is 0 Å². The number of anilines is 1. The number of hydrogen-bond donors (Lipinski definition) is 1. The molecule has 2 unspecified atom stereocenters. The number of ether oxygens (including phenoxy) is 2. The van der Waals surface area contributed by atoms with Gasteiger partial charge in [-0.3, -0.25) is 4.79 Å². The van der Waals surface area contributed by atoms with E-state index in [1.54, 1.807) is 25.6 Å². The second-order valence-electron chi connectivity index (χ2n) is 7.78. The zero-order valence-electron chi connectivity index (χ0n) is 18.1. The Morgan fingerprint density at radius 2 is 1.87 bits per heavy atom. The third-order valence-corrected chi connectivity index (χ3v) is 6.57. The van der Waals surface area contributed by atoms with E-state index in [0.717, 1.165) is 30.6 Å². The van der Waals surface area contributed by atoms with Gasteiger partial charge in [-0.05, 0) is 53.3 Å². The van der Waals surface area contributed by atoms with Crippen LogP contribution in [-0.2, 0) is 4.79 Å². The van der Waals surface area contributed by atoms with Gasteiger partial charge in [-0.2, -0.15) is 11.3 Å². The van der Waals surface area contributed by atoms with E-state index in [1.807, 2.05) is 46.0 Å². The first-order valence-corrected chi connectivity index (χ1v) is 11.4. The lowest BCUT2D eigenvalue weighted by molar-refractivity contribution is -0.133. The highest BCUT2D eigenvalue weighted by molar-refractivity contribution is 7.08. The van der Waals surface area contributed by atoms with Crippen LogP contribution < -0.4 is 14.8 Å². The predicted molar refractivity (Wildman–Crippen MR) is 125 cm³/mol. The molecule has 1 aliphatic heterocycles. The van der Waals surface area contributed by atoms with E-state index in [1.165, 1.54) is 11.1 Å². The molecule has 3 aromatic rings. The minimum Gasteiger partial charge on any atom is -0.497 e. The van der Waals surface area contributed by atoms with Crippen LogP contribution in [0.25, 0.3) is 0 Å². The van der Waals surface area contributed by atoms with Crippen molar-refractivity contribution in [2.75, 3.05) is 26.1 Å². The van der Waals surface area contributed by atoms with E-state index in [0.29, 0.717) is 11.5 Å². The number of carbonyl (C=O) groups excluding carboxylic acids is 1. The number of methoxy groups -OCH3 is 2. The summed E-state index contributed by atoms with van der Waals surface area (Å²) in [6, 6.07) is 15.6. The maximum Gasteiger partial charge on any atom is 0.250 e. The van der Waals surface area contributed by atoms with Crippen molar-refractivity contribution in [1.82, 2.24) is 4.90 Å². The number of thiophene rings is 1. The smallest absolute Gasteiger partial charge is 0.250 e. The van der Waals surface area contributed by atoms with E-state index in [4.69, 9.17) is 9.47 Å². The van der Waals surface area contributed by atoms with Gasteiger partial charge in [0, 0.05) is 30.4 Å². The molecular weight excluding hydrogens is 408 g/mol. The topological polar surface area (TPSA) is 50.8 Å². The summed E-state index contributed by atoms with van der Waals surface area (Å²) in [5.74, 6) is 1.44. The molecule has 1 fully saturated rings. The van der Waals surface area contributed by atoms with E-state index in [9.17, 15) is 4.79 Å². The van der Waals surface area contributed by atoms with Crippen LogP contribution in [0.1, 0.15) is 41.6 Å². The van der Waals surface area contributed by atoms with Crippen LogP contribution in [-0.4, -0.2) is 31.6 Å². The molecule has 5 nitrogen and oxygen atoms in total. The van der Waals surface area contributed by atoms with Crippen LogP contribution in [0.4, 0.5) is 5.69 Å². The fourth-order valence-corrected chi connectivity index (χ4v) is 4.95. The number of amides is 1. The summed E-state index contributed by atoms with van der Waals surface area (Å²) >= 11 is 1.59. The highest BCUT2D eigenvalue weighted by atomic mass is 32.1. The molecule has 2 atom stereocenters. The van der Waals surface area contributed by atoms with Crippen molar-refractivity contribution in [3.63, 3.8) is 0 Å². The van der Waals surface area contributed by atoms with Crippen LogP contribution in [0.15, 0.2) is 59.3 Å². The third-order valence-electron chi connectivity index (χ3n) is 5.87. The van der Waals surface area contributed by atoms with Gasteiger partial charge in [-0.1, -0.05) is 24.3 Å². The molecule has 31 heavy (non-hydrogen) atoms. The summed E-state index contributed by atoms with van der Waals surface area (Å²) in [5, 5.41) is 7.49. The fraction of sp³-hybridized carbons (Fsp3) is 0.320. The first-order chi connectivity index (χ1) is 15.1. The molecule has 4 rings (SSSR count). The highest BCUT2D eigenvalue weighted by Crippen LogP contribution is 2.37. The number of hydrogen-bond acceptors (Lipinski definition) is 5. The summed E-state index contributed by atoms with van der Waals surface area (Å²) in [5.41, 5.74) is 4.21. The summed E-state index contributed by atoms with van der Waals surface area (Å²) in [4.78, 5) is 15.9. The molecule has 1 aromatic heterocycles. The Bertz CT molecular complexity index is 1010. The molecule has 0 bridgehead atoms. The number of rotatable bonds is 7. The monoisotopic (exact) mass is 436 g/mol. The minimum atomic E-state index is -0.479. The van der Waals surface area contributed by atoms with Crippen molar-refractivity contribution in [3.8, 4) is 11.5 Å². The molecule has 162 valence electrons. The minimum absolute atomic E-state index is 0.0888. The van der Waals surface area contributed by atoms with Crippen molar-refractivity contribution in [2.24, 2.45) is 0 Å². The molecule has 0 radical (unpaired) electrons. The molecule has 1 aliphatic rings. The quantitative estimate of drug-likeness (QED) is 0.524. The molecule has 6 heteroatoms. The van der Waals surface area contributed by atoms with E-state index in [-0.39, 0.29) is 11.9 Å². The van der Waals surface area contributed by atoms with E-state index < -0.39 is 6.04 Å². The maximum atomic E-state index is 13.9. The lowest BCUT2D eigenvalue weighted by atomic mass is 9.98. The molecule has 2 aromatic carbocycles. The Labute approximate surface area is 187 Å². The molecule has 0 spiro atoms. The Kier molecular flexibility index (Phi) is 6.47. The van der Waals surface area contributed by atoms with Crippen LogP contribution in [0.2, 0.25) is 0 Å². The zero-order valence-corrected chi connectivity index (χ0v) is 18.9. The molecule has 1 amide bonds. The second kappa shape index (κ2) is 9.43. The van der Waals surface area contributed by atoms with Gasteiger partial charge in [0.25, 0.3) is 0 Å². The SMILES string of the molecule is COc1cc(NC(C(=O)N2CCCC2c2ccccc2C)c2ccsc2)cc(OC)c1. The first kappa shape index (κ1) is 21.2. The summed E-state index contributed by atoms with van der Waals surface area (Å²) in [7, 11) is 3.24. The molecule has 0 aliphatic carbocycles. The largest absolute Gasteiger partial charge is 0.497 e. The summed E-state index contributed by atoms with van der Waals surface area (Å²) in [6.45, 7) is 2.88. The van der Waals surface area contributed by atoms with Crippen molar-refractivity contribution in [1.29, 1.82) is 0 Å². The van der Waals surface area contributed by atoms with Crippen molar-refractivity contribution < 1.29 is 14.3 Å². The lowest BCUT2D eigenvalue weighted by Crippen LogP contribution is -2.37. The first-order valence-electron chi connectivity index (χ1n) is 10.5. The van der Waals surface area contributed by atoms with Gasteiger partial charge in [0.1, 0.15) is 17.5 Å². The molecule has 1 N–H and O–H groups in total. The van der Waals surface area contributed by atoms with E-state index in [2.05, 4.69) is 30.4 Å². The van der Waals surface area contributed by atoms with Crippen LogP contribution in [0, 0.1) is 6.92 Å². The Morgan fingerprint density at radius 1 is 1.13 bits per heavy atom. The fourth-order valence-electron chi connectivity index (χ4n) is 4.26. The number of aryl methyl sites for hydroxylation is 1. The summed E-state index contributed by atoms with van der Waals surface area (Å²) in [6.07, 6.45) is 1.99. The van der Waals surface area contributed by atoms with E-state index >= 15 is 0 Å². The molecule has 0 saturated carbocycles.